The lowest BCUT2D eigenvalue weighted by Gasteiger charge is -1.97. The molecule has 0 aliphatic rings. The third-order valence-corrected chi connectivity index (χ3v) is 1.32. The summed E-state index contributed by atoms with van der Waals surface area (Å²) in [4.78, 5) is 3.85. The van der Waals surface area contributed by atoms with Gasteiger partial charge in [-0.05, 0) is 18.3 Å². The molecular formula is C5H7N3S. The molecule has 3 nitrogen and oxygen atoms in total. The molecule has 0 aromatic carbocycles. The molecule has 1 rings (SSSR count). The van der Waals surface area contributed by atoms with E-state index in [0.717, 1.165) is 0 Å². The maximum atomic E-state index is 5.31. The van der Waals surface area contributed by atoms with Gasteiger partial charge in [0.15, 0.2) is 4.77 Å². The number of rotatable bonds is 1. The summed E-state index contributed by atoms with van der Waals surface area (Å²) in [6.45, 7) is 0.396. The van der Waals surface area contributed by atoms with Crippen molar-refractivity contribution in [3.05, 3.63) is 23.2 Å². The summed E-state index contributed by atoms with van der Waals surface area (Å²) in [6.07, 6.45) is 3.45. The highest BCUT2D eigenvalue weighted by Gasteiger charge is 1.82. The fraction of sp³-hybridized carbons (Fsp3) is 0.200. The van der Waals surface area contributed by atoms with Crippen LogP contribution in [0.25, 0.3) is 0 Å². The first kappa shape index (κ1) is 6.38. The number of hydrogen-bond donors (Lipinski definition) is 1. The van der Waals surface area contributed by atoms with Crippen LogP contribution in [0.3, 0.4) is 0 Å². The molecule has 0 saturated carbocycles. The van der Waals surface area contributed by atoms with E-state index in [1.807, 2.05) is 0 Å². The molecule has 0 aliphatic heterocycles. The van der Waals surface area contributed by atoms with Crippen molar-refractivity contribution in [2.24, 2.45) is 5.73 Å². The quantitative estimate of drug-likeness (QED) is 0.580. The van der Waals surface area contributed by atoms with Crippen LogP contribution in [-0.4, -0.2) is 9.55 Å². The minimum absolute atomic E-state index is 0.396. The molecule has 0 atom stereocenters. The van der Waals surface area contributed by atoms with Crippen LogP contribution in [0.1, 0.15) is 0 Å². The molecular weight excluding hydrogens is 134 g/mol. The Hall–Kier alpha value is -0.740. The van der Waals surface area contributed by atoms with Crippen molar-refractivity contribution in [3.8, 4) is 0 Å². The predicted octanol–water partition coefficient (Wildman–Crippen LogP) is 0.529. The molecule has 1 aromatic rings. The topological polar surface area (TPSA) is 43.8 Å². The Balaban J connectivity index is 3.16. The Kier molecular flexibility index (Phi) is 1.92. The van der Waals surface area contributed by atoms with Crippen molar-refractivity contribution >= 4 is 12.2 Å². The normalized spacial score (nSPS) is 9.44. The Labute approximate surface area is 58.1 Å². The van der Waals surface area contributed by atoms with Gasteiger partial charge in [0.1, 0.15) is 0 Å². The van der Waals surface area contributed by atoms with Gasteiger partial charge in [-0.1, -0.05) is 0 Å². The van der Waals surface area contributed by atoms with Crippen molar-refractivity contribution < 1.29 is 0 Å². The molecule has 0 spiro atoms. The zero-order valence-electron chi connectivity index (χ0n) is 4.82. The SMILES string of the molecule is NCn1cccnc1=S. The van der Waals surface area contributed by atoms with Crippen LogP contribution >= 0.6 is 12.2 Å². The van der Waals surface area contributed by atoms with Gasteiger partial charge in [0.05, 0.1) is 6.67 Å². The van der Waals surface area contributed by atoms with Crippen LogP contribution in [0.4, 0.5) is 0 Å². The Bertz CT molecular complexity index is 242. The van der Waals surface area contributed by atoms with Crippen LogP contribution in [0.15, 0.2) is 18.5 Å². The first-order chi connectivity index (χ1) is 4.34. The van der Waals surface area contributed by atoms with E-state index in [0.29, 0.717) is 11.4 Å². The third-order valence-electron chi connectivity index (χ3n) is 0.979. The van der Waals surface area contributed by atoms with E-state index in [1.165, 1.54) is 0 Å². The molecule has 0 saturated heterocycles. The second kappa shape index (κ2) is 2.70. The van der Waals surface area contributed by atoms with Crippen molar-refractivity contribution in [2.45, 2.75) is 6.67 Å². The lowest BCUT2D eigenvalue weighted by atomic mass is 10.7. The third kappa shape index (κ3) is 1.34. The maximum Gasteiger partial charge on any atom is 0.200 e. The van der Waals surface area contributed by atoms with Gasteiger partial charge in [-0.3, -0.25) is 0 Å². The smallest absolute Gasteiger partial charge is 0.200 e. The lowest BCUT2D eigenvalue weighted by molar-refractivity contribution is 0.695. The molecule has 4 heteroatoms. The second-order valence-electron chi connectivity index (χ2n) is 1.55. The number of aromatic nitrogens is 2. The minimum Gasteiger partial charge on any atom is -0.314 e. The van der Waals surface area contributed by atoms with Gasteiger partial charge >= 0.3 is 0 Å². The number of hydrogen-bond acceptors (Lipinski definition) is 3. The highest BCUT2D eigenvalue weighted by molar-refractivity contribution is 7.71. The van der Waals surface area contributed by atoms with Gasteiger partial charge in [0, 0.05) is 12.4 Å². The van der Waals surface area contributed by atoms with E-state index < -0.39 is 0 Å². The molecule has 0 amide bonds. The summed E-state index contributed by atoms with van der Waals surface area (Å²) in [5, 5.41) is 0. The van der Waals surface area contributed by atoms with E-state index in [4.69, 9.17) is 18.0 Å². The van der Waals surface area contributed by atoms with Crippen LogP contribution < -0.4 is 5.73 Å². The average Bonchev–Trinajstić information content (AvgIpc) is 1.89. The Morgan fingerprint density at radius 1 is 1.78 bits per heavy atom. The highest BCUT2D eigenvalue weighted by atomic mass is 32.1. The van der Waals surface area contributed by atoms with Gasteiger partial charge in [0.25, 0.3) is 0 Å². The van der Waals surface area contributed by atoms with E-state index >= 15 is 0 Å². The zero-order valence-corrected chi connectivity index (χ0v) is 5.64. The highest BCUT2D eigenvalue weighted by Crippen LogP contribution is 1.84. The predicted molar refractivity (Wildman–Crippen MR) is 37.2 cm³/mol. The summed E-state index contributed by atoms with van der Waals surface area (Å²) < 4.78 is 2.22. The summed E-state index contributed by atoms with van der Waals surface area (Å²) >= 11 is 4.82. The lowest BCUT2D eigenvalue weighted by Crippen LogP contribution is -2.08. The maximum absolute atomic E-state index is 5.31. The largest absolute Gasteiger partial charge is 0.314 e. The molecule has 0 fully saturated rings. The Morgan fingerprint density at radius 2 is 2.56 bits per heavy atom. The van der Waals surface area contributed by atoms with Crippen molar-refractivity contribution in [2.75, 3.05) is 0 Å². The summed E-state index contributed by atoms with van der Waals surface area (Å²) in [5.74, 6) is 0. The second-order valence-corrected chi connectivity index (χ2v) is 1.92. The molecule has 0 aliphatic carbocycles. The fourth-order valence-electron chi connectivity index (χ4n) is 0.526. The molecule has 0 radical (unpaired) electrons. The van der Waals surface area contributed by atoms with Gasteiger partial charge in [-0.25, -0.2) is 4.98 Å². The van der Waals surface area contributed by atoms with E-state index in [1.54, 1.807) is 23.0 Å². The monoisotopic (exact) mass is 141 g/mol. The van der Waals surface area contributed by atoms with E-state index in [9.17, 15) is 0 Å². The molecule has 9 heavy (non-hydrogen) atoms. The zero-order chi connectivity index (χ0) is 6.69. The van der Waals surface area contributed by atoms with E-state index in [2.05, 4.69) is 4.98 Å². The van der Waals surface area contributed by atoms with Crippen LogP contribution in [0.5, 0.6) is 0 Å². The number of nitrogens with two attached hydrogens (primary N) is 1. The van der Waals surface area contributed by atoms with E-state index in [-0.39, 0.29) is 0 Å². The fourth-order valence-corrected chi connectivity index (χ4v) is 0.722. The number of nitrogens with zero attached hydrogens (tertiary/aromatic N) is 2. The van der Waals surface area contributed by atoms with Gasteiger partial charge in [-0.15, -0.1) is 0 Å². The average molecular weight is 141 g/mol. The molecule has 48 valence electrons. The molecule has 1 aromatic heterocycles. The first-order valence-electron chi connectivity index (χ1n) is 2.56. The standard InChI is InChI=1S/C5H7N3S/c6-4-8-3-1-2-7-5(8)9/h1-3H,4,6H2. The van der Waals surface area contributed by atoms with Crippen LogP contribution in [0.2, 0.25) is 0 Å². The van der Waals surface area contributed by atoms with Crippen LogP contribution in [-0.2, 0) is 6.67 Å². The summed E-state index contributed by atoms with van der Waals surface area (Å²) in [5.41, 5.74) is 5.31. The molecule has 2 N–H and O–H groups in total. The van der Waals surface area contributed by atoms with Gasteiger partial charge < -0.3 is 10.3 Å². The minimum atomic E-state index is 0.396. The van der Waals surface area contributed by atoms with Crippen molar-refractivity contribution in [1.82, 2.24) is 9.55 Å². The summed E-state index contributed by atoms with van der Waals surface area (Å²) in [7, 11) is 0. The molecule has 0 unspecified atom stereocenters. The van der Waals surface area contributed by atoms with Crippen molar-refractivity contribution in [1.29, 1.82) is 0 Å². The van der Waals surface area contributed by atoms with Gasteiger partial charge in [0.2, 0.25) is 0 Å². The van der Waals surface area contributed by atoms with Crippen LogP contribution in [0, 0.1) is 4.77 Å². The van der Waals surface area contributed by atoms with Gasteiger partial charge in [-0.2, -0.15) is 0 Å². The van der Waals surface area contributed by atoms with Crippen molar-refractivity contribution in [3.63, 3.8) is 0 Å². The first-order valence-corrected chi connectivity index (χ1v) is 2.97. The molecule has 0 bridgehead atoms. The molecule has 1 heterocycles. The summed E-state index contributed by atoms with van der Waals surface area (Å²) in [6, 6.07) is 1.79. The Morgan fingerprint density at radius 3 is 3.00 bits per heavy atom.